The van der Waals surface area contributed by atoms with Crippen LogP contribution < -0.4 is 4.90 Å². The van der Waals surface area contributed by atoms with Crippen LogP contribution in [0.2, 0.25) is 0 Å². The number of nitro benzene ring substituents is 1. The first-order valence-electron chi connectivity index (χ1n) is 7.35. The third-order valence-electron chi connectivity index (χ3n) is 3.43. The Balaban J connectivity index is 2.04. The Labute approximate surface area is 133 Å². The molecule has 23 heavy (non-hydrogen) atoms. The number of piperazine rings is 1. The average molecular weight is 325 g/mol. The second kappa shape index (κ2) is 6.39. The van der Waals surface area contributed by atoms with Gasteiger partial charge in [0.1, 0.15) is 5.60 Å². The summed E-state index contributed by atoms with van der Waals surface area (Å²) in [5.41, 5.74) is -0.930. The fraction of sp³-hybridized carbons (Fsp3) is 0.533. The second-order valence-corrected chi connectivity index (χ2v) is 6.32. The van der Waals surface area contributed by atoms with Gasteiger partial charge < -0.3 is 14.5 Å². The zero-order valence-corrected chi connectivity index (χ0v) is 13.4. The number of nitro groups is 1. The highest BCUT2D eigenvalue weighted by Crippen LogP contribution is 2.28. The summed E-state index contributed by atoms with van der Waals surface area (Å²) in [6.07, 6.45) is -0.406. The second-order valence-electron chi connectivity index (χ2n) is 6.32. The van der Waals surface area contributed by atoms with Crippen LogP contribution in [0.3, 0.4) is 0 Å². The summed E-state index contributed by atoms with van der Waals surface area (Å²) in [5, 5.41) is 10.8. The fourth-order valence-corrected chi connectivity index (χ4v) is 2.35. The van der Waals surface area contributed by atoms with Crippen LogP contribution in [-0.4, -0.2) is 47.7 Å². The number of nitrogens with zero attached hydrogens (tertiary/aromatic N) is 3. The van der Waals surface area contributed by atoms with Crippen molar-refractivity contribution in [3.8, 4) is 0 Å². The van der Waals surface area contributed by atoms with Crippen molar-refractivity contribution in [3.63, 3.8) is 0 Å². The van der Waals surface area contributed by atoms with Gasteiger partial charge in [-0.25, -0.2) is 4.79 Å². The van der Waals surface area contributed by atoms with Crippen LogP contribution in [0, 0.1) is 15.9 Å². The predicted octanol–water partition coefficient (Wildman–Crippen LogP) is 2.79. The number of ether oxygens (including phenoxy) is 1. The van der Waals surface area contributed by atoms with Gasteiger partial charge in [-0.2, -0.15) is 4.39 Å². The normalized spacial score (nSPS) is 15.5. The summed E-state index contributed by atoms with van der Waals surface area (Å²) in [6.45, 7) is 6.89. The molecule has 0 atom stereocenters. The van der Waals surface area contributed by atoms with E-state index in [-0.39, 0.29) is 5.69 Å². The van der Waals surface area contributed by atoms with Crippen molar-refractivity contribution in [1.82, 2.24) is 4.90 Å². The Morgan fingerprint density at radius 2 is 1.87 bits per heavy atom. The summed E-state index contributed by atoms with van der Waals surface area (Å²) in [6, 6.07) is 4.10. The molecule has 0 N–H and O–H groups in total. The van der Waals surface area contributed by atoms with Gasteiger partial charge in [-0.3, -0.25) is 10.1 Å². The summed E-state index contributed by atoms with van der Waals surface area (Å²) in [7, 11) is 0. The van der Waals surface area contributed by atoms with E-state index in [2.05, 4.69) is 0 Å². The molecule has 1 aromatic carbocycles. The molecule has 0 unspecified atom stereocenters. The zero-order valence-electron chi connectivity index (χ0n) is 13.4. The first-order chi connectivity index (χ1) is 10.7. The van der Waals surface area contributed by atoms with Gasteiger partial charge in [0.25, 0.3) is 0 Å². The van der Waals surface area contributed by atoms with E-state index in [0.717, 1.165) is 6.07 Å². The van der Waals surface area contributed by atoms with E-state index in [9.17, 15) is 19.3 Å². The van der Waals surface area contributed by atoms with Gasteiger partial charge in [0.2, 0.25) is 5.82 Å². The van der Waals surface area contributed by atoms with E-state index in [1.165, 1.54) is 12.1 Å². The highest BCUT2D eigenvalue weighted by Gasteiger charge is 2.28. The Morgan fingerprint density at radius 1 is 1.26 bits per heavy atom. The molecule has 0 saturated carbocycles. The molecule has 0 spiro atoms. The summed E-state index contributed by atoms with van der Waals surface area (Å²) < 4.78 is 19.5. The Morgan fingerprint density at radius 3 is 2.39 bits per heavy atom. The van der Waals surface area contributed by atoms with Crippen molar-refractivity contribution in [2.75, 3.05) is 31.1 Å². The number of amides is 1. The van der Waals surface area contributed by atoms with E-state index in [1.807, 2.05) is 0 Å². The molecule has 0 aromatic heterocycles. The highest BCUT2D eigenvalue weighted by molar-refractivity contribution is 5.68. The van der Waals surface area contributed by atoms with Crippen LogP contribution in [0.1, 0.15) is 20.8 Å². The summed E-state index contributed by atoms with van der Waals surface area (Å²) in [5.74, 6) is -0.844. The number of carbonyl (C=O) groups excluding carboxylic acids is 1. The number of hydrogen-bond acceptors (Lipinski definition) is 5. The first-order valence-corrected chi connectivity index (χ1v) is 7.35. The Kier molecular flexibility index (Phi) is 4.72. The molecule has 7 nitrogen and oxygen atoms in total. The maximum atomic E-state index is 14.2. The monoisotopic (exact) mass is 325 g/mol. The molecule has 2 rings (SSSR count). The van der Waals surface area contributed by atoms with Gasteiger partial charge in [-0.15, -0.1) is 0 Å². The first kappa shape index (κ1) is 17.0. The third kappa shape index (κ3) is 4.08. The number of anilines is 1. The number of benzene rings is 1. The fourth-order valence-electron chi connectivity index (χ4n) is 2.35. The number of carbonyl (C=O) groups is 1. The maximum absolute atomic E-state index is 14.2. The minimum atomic E-state index is -0.844. The van der Waals surface area contributed by atoms with Gasteiger partial charge in [-0.05, 0) is 26.8 Å². The van der Waals surface area contributed by atoms with Crippen molar-refractivity contribution in [1.29, 1.82) is 0 Å². The molecule has 1 aliphatic heterocycles. The van der Waals surface area contributed by atoms with Crippen LogP contribution in [-0.2, 0) is 4.74 Å². The van der Waals surface area contributed by atoms with Crippen LogP contribution in [0.25, 0.3) is 0 Å². The van der Waals surface area contributed by atoms with Crippen molar-refractivity contribution in [2.45, 2.75) is 26.4 Å². The average Bonchev–Trinajstić information content (AvgIpc) is 2.45. The molecule has 1 heterocycles. The molecular weight excluding hydrogens is 305 g/mol. The lowest BCUT2D eigenvalue weighted by atomic mass is 10.2. The summed E-state index contributed by atoms with van der Waals surface area (Å²) in [4.78, 5) is 25.3. The molecule has 126 valence electrons. The molecule has 0 radical (unpaired) electrons. The van der Waals surface area contributed by atoms with Crippen LogP contribution in [0.5, 0.6) is 0 Å². The van der Waals surface area contributed by atoms with E-state index >= 15 is 0 Å². The molecule has 1 fully saturated rings. The zero-order chi connectivity index (χ0) is 17.2. The quantitative estimate of drug-likeness (QED) is 0.617. The maximum Gasteiger partial charge on any atom is 0.410 e. The number of rotatable bonds is 2. The van der Waals surface area contributed by atoms with Crippen molar-refractivity contribution in [2.24, 2.45) is 0 Å². The van der Waals surface area contributed by atoms with Crippen molar-refractivity contribution >= 4 is 17.5 Å². The van der Waals surface area contributed by atoms with E-state index < -0.39 is 28.1 Å². The van der Waals surface area contributed by atoms with E-state index in [4.69, 9.17) is 4.74 Å². The standard InChI is InChI=1S/C15H20FN3O4/c1-15(2,3)23-14(20)18-9-7-17(8-10-18)11-5-4-6-12(13(11)16)19(21)22/h4-6H,7-10H2,1-3H3. The van der Waals surface area contributed by atoms with Gasteiger partial charge in [0.15, 0.2) is 0 Å². The van der Waals surface area contributed by atoms with E-state index in [1.54, 1.807) is 30.6 Å². The molecule has 1 aromatic rings. The lowest BCUT2D eigenvalue weighted by molar-refractivity contribution is -0.387. The van der Waals surface area contributed by atoms with Crippen molar-refractivity contribution < 1.29 is 18.8 Å². The molecule has 0 bridgehead atoms. The molecule has 1 saturated heterocycles. The molecule has 8 heteroatoms. The van der Waals surface area contributed by atoms with Gasteiger partial charge in [0, 0.05) is 32.2 Å². The Hall–Kier alpha value is -2.38. The summed E-state index contributed by atoms with van der Waals surface area (Å²) >= 11 is 0. The minimum absolute atomic E-state index is 0.183. The minimum Gasteiger partial charge on any atom is -0.444 e. The Bertz CT molecular complexity index is 607. The van der Waals surface area contributed by atoms with E-state index in [0.29, 0.717) is 26.2 Å². The smallest absolute Gasteiger partial charge is 0.410 e. The SMILES string of the molecule is CC(C)(C)OC(=O)N1CCN(c2cccc([N+](=O)[O-])c2F)CC1. The largest absolute Gasteiger partial charge is 0.444 e. The van der Waals surface area contributed by atoms with Gasteiger partial charge >= 0.3 is 11.8 Å². The molecule has 1 amide bonds. The lowest BCUT2D eigenvalue weighted by Gasteiger charge is -2.36. The predicted molar refractivity (Wildman–Crippen MR) is 83.1 cm³/mol. The number of hydrogen-bond donors (Lipinski definition) is 0. The van der Waals surface area contributed by atoms with Gasteiger partial charge in [-0.1, -0.05) is 6.07 Å². The number of halogens is 1. The van der Waals surface area contributed by atoms with Gasteiger partial charge in [0.05, 0.1) is 10.6 Å². The van der Waals surface area contributed by atoms with Crippen LogP contribution >= 0.6 is 0 Å². The topological polar surface area (TPSA) is 75.9 Å². The highest BCUT2D eigenvalue weighted by atomic mass is 19.1. The lowest BCUT2D eigenvalue weighted by Crippen LogP contribution is -2.50. The van der Waals surface area contributed by atoms with Crippen LogP contribution in [0.15, 0.2) is 18.2 Å². The van der Waals surface area contributed by atoms with Crippen LogP contribution in [0.4, 0.5) is 20.6 Å². The molecule has 1 aliphatic rings. The molecule has 0 aliphatic carbocycles. The van der Waals surface area contributed by atoms with Crippen molar-refractivity contribution in [3.05, 3.63) is 34.1 Å². The third-order valence-corrected chi connectivity index (χ3v) is 3.43. The molecular formula is C15H20FN3O4.